The minimum absolute atomic E-state index is 0.0258. The van der Waals surface area contributed by atoms with Crippen LogP contribution in [0.5, 0.6) is 0 Å². The number of hydrogen-bond donors (Lipinski definition) is 3. The van der Waals surface area contributed by atoms with Gasteiger partial charge in [0.1, 0.15) is 0 Å². The van der Waals surface area contributed by atoms with E-state index in [0.717, 1.165) is 0 Å². The summed E-state index contributed by atoms with van der Waals surface area (Å²) in [5.41, 5.74) is 0.256. The van der Waals surface area contributed by atoms with Crippen molar-refractivity contribution < 1.29 is 14.7 Å². The molecule has 1 rings (SSSR count). The summed E-state index contributed by atoms with van der Waals surface area (Å²) in [5, 5.41) is 14.1. The summed E-state index contributed by atoms with van der Waals surface area (Å²) in [6.07, 6.45) is 0.547. The Morgan fingerprint density at radius 2 is 2.16 bits per heavy atom. The number of carboxylic acid groups (broad SMARTS) is 1. The number of urea groups is 1. The Balaban J connectivity index is 2.72. The molecular weight excluding hydrogens is 312 g/mol. The topological polar surface area (TPSA) is 78.4 Å². The number of nitrogens with one attached hydrogen (secondary N) is 2. The standard InChI is InChI=1S/C13H13BrN2O3/c1-2-3-4-8-15-13(19)16-11-9(12(17)18)6-5-7-10(11)14/h5-7H,4,8H2,1H3,(H,17,18)(H2,15,16,19). The van der Waals surface area contributed by atoms with Gasteiger partial charge in [-0.3, -0.25) is 0 Å². The molecule has 0 unspecified atom stereocenters. The van der Waals surface area contributed by atoms with Gasteiger partial charge in [0, 0.05) is 17.4 Å². The van der Waals surface area contributed by atoms with E-state index in [1.165, 1.54) is 6.07 Å². The molecule has 0 aromatic heterocycles. The SMILES string of the molecule is CC#CCCNC(=O)Nc1c(Br)cccc1C(=O)O. The number of anilines is 1. The van der Waals surface area contributed by atoms with E-state index in [0.29, 0.717) is 17.4 Å². The number of benzene rings is 1. The first-order valence-electron chi connectivity index (χ1n) is 5.52. The lowest BCUT2D eigenvalue weighted by atomic mass is 10.2. The number of halogens is 1. The molecular formula is C13H13BrN2O3. The number of para-hydroxylation sites is 1. The van der Waals surface area contributed by atoms with Crippen LogP contribution in [0.15, 0.2) is 22.7 Å². The van der Waals surface area contributed by atoms with Gasteiger partial charge in [-0.1, -0.05) is 6.07 Å². The number of rotatable bonds is 4. The normalized spacial score (nSPS) is 9.16. The van der Waals surface area contributed by atoms with Gasteiger partial charge in [0.05, 0.1) is 11.3 Å². The fourth-order valence-electron chi connectivity index (χ4n) is 1.35. The molecule has 0 aliphatic carbocycles. The van der Waals surface area contributed by atoms with Crippen molar-refractivity contribution in [1.82, 2.24) is 5.32 Å². The van der Waals surface area contributed by atoms with Gasteiger partial charge in [-0.2, -0.15) is 0 Å². The van der Waals surface area contributed by atoms with Crippen LogP contribution in [0.25, 0.3) is 0 Å². The van der Waals surface area contributed by atoms with Gasteiger partial charge < -0.3 is 15.7 Å². The van der Waals surface area contributed by atoms with Crippen molar-refractivity contribution in [3.05, 3.63) is 28.2 Å². The maximum atomic E-state index is 11.6. The average Bonchev–Trinajstić information content (AvgIpc) is 2.37. The van der Waals surface area contributed by atoms with Crippen molar-refractivity contribution in [2.75, 3.05) is 11.9 Å². The van der Waals surface area contributed by atoms with Crippen LogP contribution >= 0.6 is 15.9 Å². The second-order valence-electron chi connectivity index (χ2n) is 3.53. The highest BCUT2D eigenvalue weighted by atomic mass is 79.9. The van der Waals surface area contributed by atoms with Crippen LogP contribution in [-0.2, 0) is 0 Å². The molecule has 0 spiro atoms. The third-order valence-electron chi connectivity index (χ3n) is 2.19. The van der Waals surface area contributed by atoms with Crippen molar-refractivity contribution in [3.8, 4) is 11.8 Å². The smallest absolute Gasteiger partial charge is 0.337 e. The van der Waals surface area contributed by atoms with Gasteiger partial charge in [-0.25, -0.2) is 9.59 Å². The van der Waals surface area contributed by atoms with Crippen LogP contribution in [0.1, 0.15) is 23.7 Å². The molecule has 1 aromatic carbocycles. The average molecular weight is 325 g/mol. The molecule has 0 atom stereocenters. The molecule has 0 bridgehead atoms. The molecule has 1 aromatic rings. The highest BCUT2D eigenvalue weighted by molar-refractivity contribution is 9.10. The van der Waals surface area contributed by atoms with Crippen LogP contribution in [0.3, 0.4) is 0 Å². The minimum Gasteiger partial charge on any atom is -0.478 e. The number of carbonyl (C=O) groups excluding carboxylic acids is 1. The van der Waals surface area contributed by atoms with E-state index in [-0.39, 0.29) is 11.3 Å². The maximum Gasteiger partial charge on any atom is 0.337 e. The van der Waals surface area contributed by atoms with Crippen molar-refractivity contribution in [2.45, 2.75) is 13.3 Å². The van der Waals surface area contributed by atoms with E-state index in [9.17, 15) is 9.59 Å². The van der Waals surface area contributed by atoms with E-state index >= 15 is 0 Å². The minimum atomic E-state index is -1.10. The molecule has 3 N–H and O–H groups in total. The molecule has 0 aliphatic heterocycles. The molecule has 6 heteroatoms. The third-order valence-corrected chi connectivity index (χ3v) is 2.86. The highest BCUT2D eigenvalue weighted by Crippen LogP contribution is 2.26. The number of hydrogen-bond acceptors (Lipinski definition) is 2. The van der Waals surface area contributed by atoms with Crippen molar-refractivity contribution >= 4 is 33.6 Å². The largest absolute Gasteiger partial charge is 0.478 e. The van der Waals surface area contributed by atoms with E-state index < -0.39 is 12.0 Å². The lowest BCUT2D eigenvalue weighted by molar-refractivity contribution is 0.0698. The van der Waals surface area contributed by atoms with Crippen molar-refractivity contribution in [1.29, 1.82) is 0 Å². The van der Waals surface area contributed by atoms with Crippen LogP contribution in [0.2, 0.25) is 0 Å². The zero-order chi connectivity index (χ0) is 14.3. The van der Waals surface area contributed by atoms with E-state index in [2.05, 4.69) is 38.4 Å². The predicted molar refractivity (Wildman–Crippen MR) is 76.2 cm³/mol. The molecule has 19 heavy (non-hydrogen) atoms. The van der Waals surface area contributed by atoms with Crippen molar-refractivity contribution in [3.63, 3.8) is 0 Å². The Morgan fingerprint density at radius 3 is 2.79 bits per heavy atom. The van der Waals surface area contributed by atoms with Gasteiger partial charge >= 0.3 is 12.0 Å². The summed E-state index contributed by atoms with van der Waals surface area (Å²) < 4.78 is 0.510. The third kappa shape index (κ3) is 4.64. The Bertz CT molecular complexity index is 547. The molecule has 5 nitrogen and oxygen atoms in total. The monoisotopic (exact) mass is 324 g/mol. The first-order valence-corrected chi connectivity index (χ1v) is 6.31. The van der Waals surface area contributed by atoms with Crippen LogP contribution in [0, 0.1) is 11.8 Å². The zero-order valence-electron chi connectivity index (χ0n) is 10.3. The van der Waals surface area contributed by atoms with Crippen LogP contribution in [-0.4, -0.2) is 23.7 Å². The maximum absolute atomic E-state index is 11.6. The molecule has 0 fully saturated rings. The van der Waals surface area contributed by atoms with Gasteiger partial charge in [0.25, 0.3) is 0 Å². The Labute approximate surface area is 119 Å². The summed E-state index contributed by atoms with van der Waals surface area (Å²) in [4.78, 5) is 22.7. The summed E-state index contributed by atoms with van der Waals surface area (Å²) in [5.74, 6) is 4.43. The first kappa shape index (κ1) is 15.1. The molecule has 2 amide bonds. The Kier molecular flexibility index (Phi) is 5.90. The summed E-state index contributed by atoms with van der Waals surface area (Å²) in [6, 6.07) is 4.20. The summed E-state index contributed by atoms with van der Waals surface area (Å²) in [6.45, 7) is 2.12. The lowest BCUT2D eigenvalue weighted by Crippen LogP contribution is -2.30. The lowest BCUT2D eigenvalue weighted by Gasteiger charge is -2.11. The number of amides is 2. The Morgan fingerprint density at radius 1 is 1.42 bits per heavy atom. The number of aromatic carboxylic acids is 1. The molecule has 0 radical (unpaired) electrons. The quantitative estimate of drug-likeness (QED) is 0.588. The van der Waals surface area contributed by atoms with Gasteiger partial charge in [-0.15, -0.1) is 11.8 Å². The molecule has 0 saturated heterocycles. The Hall–Kier alpha value is -2.00. The second kappa shape index (κ2) is 7.44. The second-order valence-corrected chi connectivity index (χ2v) is 4.38. The van der Waals surface area contributed by atoms with E-state index in [1.54, 1.807) is 19.1 Å². The van der Waals surface area contributed by atoms with E-state index in [4.69, 9.17) is 5.11 Å². The fraction of sp³-hybridized carbons (Fsp3) is 0.231. The summed E-state index contributed by atoms with van der Waals surface area (Å²) >= 11 is 3.21. The van der Waals surface area contributed by atoms with Crippen molar-refractivity contribution in [2.24, 2.45) is 0 Å². The molecule has 0 heterocycles. The number of carbonyl (C=O) groups is 2. The first-order chi connectivity index (χ1) is 9.06. The van der Waals surface area contributed by atoms with Gasteiger partial charge in [-0.05, 0) is 35.0 Å². The predicted octanol–water partition coefficient (Wildman–Crippen LogP) is 2.68. The zero-order valence-corrected chi connectivity index (χ0v) is 11.9. The van der Waals surface area contributed by atoms with Gasteiger partial charge in [0.15, 0.2) is 0 Å². The fourth-order valence-corrected chi connectivity index (χ4v) is 1.82. The van der Waals surface area contributed by atoms with E-state index in [1.807, 2.05) is 0 Å². The molecule has 0 aliphatic rings. The molecule has 100 valence electrons. The summed E-state index contributed by atoms with van der Waals surface area (Å²) in [7, 11) is 0. The van der Waals surface area contributed by atoms with Crippen LogP contribution in [0.4, 0.5) is 10.5 Å². The molecule has 0 saturated carbocycles. The number of carboxylic acids is 1. The van der Waals surface area contributed by atoms with Crippen LogP contribution < -0.4 is 10.6 Å². The van der Waals surface area contributed by atoms with Gasteiger partial charge in [0.2, 0.25) is 0 Å². The highest BCUT2D eigenvalue weighted by Gasteiger charge is 2.14.